The second kappa shape index (κ2) is 8.64. The summed E-state index contributed by atoms with van der Waals surface area (Å²) in [6.07, 6.45) is -5.00. The van der Waals surface area contributed by atoms with Gasteiger partial charge in [-0.3, -0.25) is 19.1 Å². The summed E-state index contributed by atoms with van der Waals surface area (Å²) in [5.74, 6) is -2.01. The molecule has 3 aromatic rings. The lowest BCUT2D eigenvalue weighted by Crippen LogP contribution is -2.48. The molecule has 1 amide bonds. The summed E-state index contributed by atoms with van der Waals surface area (Å²) in [4.78, 5) is 44.4. The Balaban J connectivity index is 1.73. The number of imidazole rings is 1. The van der Waals surface area contributed by atoms with E-state index in [9.17, 15) is 37.8 Å². The minimum Gasteiger partial charge on any atom is -0.391 e. The molecular weight excluding hydrogens is 471 g/mol. The van der Waals surface area contributed by atoms with Crippen LogP contribution in [0.5, 0.6) is 0 Å². The minimum atomic E-state index is -4.81. The van der Waals surface area contributed by atoms with Crippen molar-refractivity contribution in [2.24, 2.45) is 0 Å². The summed E-state index contributed by atoms with van der Waals surface area (Å²) < 4.78 is 42.8. The van der Waals surface area contributed by atoms with Gasteiger partial charge in [-0.2, -0.15) is 13.2 Å². The highest BCUT2D eigenvalue weighted by molar-refractivity contribution is 5.81. The monoisotopic (exact) mass is 495 g/mol. The van der Waals surface area contributed by atoms with Gasteiger partial charge in [0.15, 0.2) is 0 Å². The number of carbonyl (C=O) groups is 1. The van der Waals surface area contributed by atoms with Crippen LogP contribution in [0.2, 0.25) is 0 Å². The maximum atomic E-state index is 13.7. The van der Waals surface area contributed by atoms with Crippen molar-refractivity contribution in [3.8, 4) is 0 Å². The summed E-state index contributed by atoms with van der Waals surface area (Å²) >= 11 is 0. The Morgan fingerprint density at radius 2 is 1.94 bits per heavy atom. The smallest absolute Gasteiger partial charge is 0.391 e. The van der Waals surface area contributed by atoms with Gasteiger partial charge >= 0.3 is 11.9 Å². The molecule has 3 heterocycles. The first-order chi connectivity index (χ1) is 16.3. The van der Waals surface area contributed by atoms with E-state index in [0.717, 1.165) is 14.0 Å². The van der Waals surface area contributed by atoms with Crippen molar-refractivity contribution in [3.63, 3.8) is 0 Å². The number of amides is 1. The van der Waals surface area contributed by atoms with Crippen LogP contribution in [-0.2, 0) is 17.5 Å². The molecule has 0 bridgehead atoms. The van der Waals surface area contributed by atoms with E-state index in [1.165, 1.54) is 44.3 Å². The van der Waals surface area contributed by atoms with Crippen molar-refractivity contribution in [1.29, 1.82) is 0 Å². The van der Waals surface area contributed by atoms with Gasteiger partial charge in [-0.05, 0) is 26.0 Å². The normalized spacial score (nSPS) is 23.5. The van der Waals surface area contributed by atoms with E-state index in [1.807, 2.05) is 0 Å². The van der Waals surface area contributed by atoms with E-state index in [0.29, 0.717) is 0 Å². The van der Waals surface area contributed by atoms with E-state index >= 15 is 0 Å². The lowest BCUT2D eigenvalue weighted by atomic mass is 9.91. The maximum Gasteiger partial charge on any atom is 0.449 e. The van der Waals surface area contributed by atoms with Gasteiger partial charge in [0, 0.05) is 31.3 Å². The van der Waals surface area contributed by atoms with Gasteiger partial charge in [0.2, 0.25) is 11.7 Å². The lowest BCUT2D eigenvalue weighted by molar-refractivity contribution is -0.148. The minimum absolute atomic E-state index is 0.0691. The van der Waals surface area contributed by atoms with Crippen LogP contribution >= 0.6 is 0 Å². The molecule has 188 valence electrons. The first-order valence-corrected chi connectivity index (χ1v) is 10.8. The molecule has 2 aromatic heterocycles. The SMILES string of the molecule is Cc1cn([C@H]2CN(C(=O)Cn3c(C(F)(F)F)nc4ccccc43)C[C@H](O)C[C@]2(C)O)c(=O)[nH]c1=O. The summed E-state index contributed by atoms with van der Waals surface area (Å²) in [6, 6.07) is 4.79. The Bertz CT molecular complexity index is 1390. The van der Waals surface area contributed by atoms with Gasteiger partial charge in [0.25, 0.3) is 5.56 Å². The molecule has 0 aliphatic carbocycles. The number of aryl methyl sites for hydroxylation is 1. The van der Waals surface area contributed by atoms with Crippen LogP contribution in [-0.4, -0.2) is 64.9 Å². The molecule has 1 saturated heterocycles. The van der Waals surface area contributed by atoms with Gasteiger partial charge < -0.3 is 19.7 Å². The Hall–Kier alpha value is -3.45. The Morgan fingerprint density at radius 3 is 2.63 bits per heavy atom. The number of benzene rings is 1. The van der Waals surface area contributed by atoms with Crippen molar-refractivity contribution >= 4 is 16.9 Å². The molecule has 0 radical (unpaired) electrons. The zero-order valence-corrected chi connectivity index (χ0v) is 18.9. The van der Waals surface area contributed by atoms with Crippen molar-refractivity contribution < 1.29 is 28.2 Å². The highest BCUT2D eigenvalue weighted by atomic mass is 19.4. The fraction of sp³-hybridized carbons (Fsp3) is 0.455. The highest BCUT2D eigenvalue weighted by Gasteiger charge is 2.43. The number of hydrogen-bond acceptors (Lipinski definition) is 6. The number of aromatic nitrogens is 4. The molecule has 35 heavy (non-hydrogen) atoms. The number of rotatable bonds is 3. The van der Waals surface area contributed by atoms with Gasteiger partial charge in [0.1, 0.15) is 6.54 Å². The summed E-state index contributed by atoms with van der Waals surface area (Å²) in [5, 5.41) is 21.5. The number of H-pyrrole nitrogens is 1. The number of aromatic amines is 1. The van der Waals surface area contributed by atoms with Crippen molar-refractivity contribution in [2.75, 3.05) is 13.1 Å². The van der Waals surface area contributed by atoms with Crippen molar-refractivity contribution in [3.05, 3.63) is 62.7 Å². The van der Waals surface area contributed by atoms with E-state index in [1.54, 1.807) is 0 Å². The number of fused-ring (bicyclic) bond motifs is 1. The number of nitrogens with zero attached hydrogens (tertiary/aromatic N) is 4. The molecular formula is C22H24F3N5O5. The molecule has 0 unspecified atom stereocenters. The number of hydrogen-bond donors (Lipinski definition) is 3. The predicted octanol–water partition coefficient (Wildman–Crippen LogP) is 0.799. The second-order valence-corrected chi connectivity index (χ2v) is 9.02. The van der Waals surface area contributed by atoms with Crippen LogP contribution in [0.15, 0.2) is 40.1 Å². The van der Waals surface area contributed by atoms with E-state index in [4.69, 9.17) is 0 Å². The molecule has 1 aromatic carbocycles. The summed E-state index contributed by atoms with van der Waals surface area (Å²) in [7, 11) is 0. The van der Waals surface area contributed by atoms with Crippen LogP contribution in [0.1, 0.15) is 30.8 Å². The third kappa shape index (κ3) is 4.73. The Labute approximate surface area is 196 Å². The molecule has 0 spiro atoms. The first-order valence-electron chi connectivity index (χ1n) is 10.8. The number of para-hydroxylation sites is 2. The number of carbonyl (C=O) groups excluding carboxylic acids is 1. The Morgan fingerprint density at radius 1 is 1.26 bits per heavy atom. The number of aliphatic hydroxyl groups excluding tert-OH is 1. The molecule has 1 aliphatic rings. The number of likely N-dealkylation sites (tertiary alicyclic amines) is 1. The Kier molecular flexibility index (Phi) is 6.09. The zero-order valence-electron chi connectivity index (χ0n) is 18.9. The van der Waals surface area contributed by atoms with Crippen LogP contribution in [0.25, 0.3) is 11.0 Å². The number of nitrogens with one attached hydrogen (secondary N) is 1. The van der Waals surface area contributed by atoms with Gasteiger partial charge in [0.05, 0.1) is 28.8 Å². The van der Waals surface area contributed by atoms with Crippen LogP contribution in [0, 0.1) is 6.92 Å². The fourth-order valence-corrected chi connectivity index (χ4v) is 4.51. The molecule has 1 fully saturated rings. The van der Waals surface area contributed by atoms with E-state index in [-0.39, 0.29) is 36.1 Å². The summed E-state index contributed by atoms with van der Waals surface area (Å²) in [6.45, 7) is 1.56. The molecule has 3 atom stereocenters. The first kappa shape index (κ1) is 24.7. The second-order valence-electron chi connectivity index (χ2n) is 9.02. The number of β-amino-alcohol motifs (C(OH)–C–C–N with tert-alkyl or cyclic N) is 1. The quantitative estimate of drug-likeness (QED) is 0.492. The largest absolute Gasteiger partial charge is 0.449 e. The van der Waals surface area contributed by atoms with E-state index < -0.39 is 53.4 Å². The highest BCUT2D eigenvalue weighted by Crippen LogP contribution is 2.33. The van der Waals surface area contributed by atoms with Gasteiger partial charge in [-0.1, -0.05) is 12.1 Å². The van der Waals surface area contributed by atoms with Crippen molar-refractivity contribution in [1.82, 2.24) is 24.0 Å². The average Bonchev–Trinajstić information content (AvgIpc) is 3.06. The third-order valence-electron chi connectivity index (χ3n) is 6.23. The van der Waals surface area contributed by atoms with Crippen molar-refractivity contribution in [2.45, 2.75) is 50.7 Å². The van der Waals surface area contributed by atoms with E-state index in [2.05, 4.69) is 9.97 Å². The zero-order chi connectivity index (χ0) is 25.7. The lowest BCUT2D eigenvalue weighted by Gasteiger charge is -2.34. The topological polar surface area (TPSA) is 133 Å². The van der Waals surface area contributed by atoms with Gasteiger partial charge in [-0.15, -0.1) is 0 Å². The predicted molar refractivity (Wildman–Crippen MR) is 118 cm³/mol. The van der Waals surface area contributed by atoms with Crippen LogP contribution < -0.4 is 11.2 Å². The molecule has 0 saturated carbocycles. The maximum absolute atomic E-state index is 13.7. The number of alkyl halides is 3. The molecule has 1 aliphatic heterocycles. The van der Waals surface area contributed by atoms with Crippen LogP contribution in [0.4, 0.5) is 13.2 Å². The average molecular weight is 495 g/mol. The summed E-state index contributed by atoms with van der Waals surface area (Å²) in [5.41, 5.74) is -2.75. The fourth-order valence-electron chi connectivity index (χ4n) is 4.51. The van der Waals surface area contributed by atoms with Crippen LogP contribution in [0.3, 0.4) is 0 Å². The number of aliphatic hydroxyl groups is 2. The van der Waals surface area contributed by atoms with Gasteiger partial charge in [-0.25, -0.2) is 9.78 Å². The molecule has 13 heteroatoms. The molecule has 3 N–H and O–H groups in total. The third-order valence-corrected chi connectivity index (χ3v) is 6.23. The molecule has 4 rings (SSSR count). The molecule has 10 nitrogen and oxygen atoms in total. The number of halogens is 3. The standard InChI is InChI=1S/C22H24F3N5O5/c1-12-8-30(20(34)27-18(12)33)16-10-28(9-13(31)7-21(16,2)35)17(32)11-29-15-6-4-3-5-14(15)26-19(29)22(23,24)25/h3-6,8,13,16,31,35H,7,9-11H2,1-2H3,(H,27,33,34)/t13-,16+,21+/m1/s1.